The van der Waals surface area contributed by atoms with E-state index >= 15 is 0 Å². The summed E-state index contributed by atoms with van der Waals surface area (Å²) in [7, 11) is 4.96. The van der Waals surface area contributed by atoms with Crippen LogP contribution >= 0.6 is 0 Å². The van der Waals surface area contributed by atoms with Gasteiger partial charge in [-0.05, 0) is 65.1 Å². The zero-order chi connectivity index (χ0) is 21.8. The van der Waals surface area contributed by atoms with Crippen molar-refractivity contribution < 1.29 is 19.3 Å². The smallest absolute Gasteiger partial charge is 0.161 e. The summed E-state index contributed by atoms with van der Waals surface area (Å²) in [5, 5.41) is 9.72. The first kappa shape index (κ1) is 21.2. The molecule has 3 aromatic rings. The Morgan fingerprint density at radius 1 is 0.935 bits per heavy atom. The van der Waals surface area contributed by atoms with Gasteiger partial charge in [0, 0.05) is 31.0 Å². The van der Waals surface area contributed by atoms with E-state index in [2.05, 4.69) is 40.2 Å². The minimum atomic E-state index is -0.0510. The zero-order valence-corrected chi connectivity index (χ0v) is 18.2. The zero-order valence-electron chi connectivity index (χ0n) is 18.2. The van der Waals surface area contributed by atoms with Crippen molar-refractivity contribution >= 4 is 0 Å². The van der Waals surface area contributed by atoms with E-state index < -0.39 is 0 Å². The second-order valence-electron chi connectivity index (χ2n) is 7.61. The number of aliphatic hydroxyl groups is 1. The highest BCUT2D eigenvalue weighted by Crippen LogP contribution is 2.41. The number of pyridine rings is 1. The summed E-state index contributed by atoms with van der Waals surface area (Å²) < 4.78 is 16.5. The molecule has 0 saturated carbocycles. The average Bonchev–Trinajstić information content (AvgIpc) is 2.83. The molecule has 1 aliphatic rings. The van der Waals surface area contributed by atoms with Crippen LogP contribution in [-0.4, -0.2) is 42.9 Å². The second-order valence-corrected chi connectivity index (χ2v) is 7.61. The lowest BCUT2D eigenvalue weighted by atomic mass is 9.87. The number of nitrogens with zero attached hydrogens (tertiary/aromatic N) is 2. The fraction of sp³-hybridized carbons (Fsp3) is 0.320. The summed E-state index contributed by atoms with van der Waals surface area (Å²) in [5.41, 5.74) is 5.59. The van der Waals surface area contributed by atoms with E-state index in [1.54, 1.807) is 21.3 Å². The number of methoxy groups -OCH3 is 3. The predicted molar refractivity (Wildman–Crippen MR) is 119 cm³/mol. The molecule has 0 bridgehead atoms. The quantitative estimate of drug-likeness (QED) is 0.628. The minimum absolute atomic E-state index is 0.0510. The first-order chi connectivity index (χ1) is 15.2. The van der Waals surface area contributed by atoms with Crippen LogP contribution in [0.5, 0.6) is 17.2 Å². The molecule has 0 saturated heterocycles. The monoisotopic (exact) mass is 420 g/mol. The van der Waals surface area contributed by atoms with Crippen molar-refractivity contribution in [1.29, 1.82) is 0 Å². The van der Waals surface area contributed by atoms with Crippen LogP contribution in [0.25, 0.3) is 0 Å². The van der Waals surface area contributed by atoms with Crippen LogP contribution in [0.3, 0.4) is 0 Å². The van der Waals surface area contributed by atoms with Crippen molar-refractivity contribution in [1.82, 2.24) is 9.88 Å². The molecule has 1 aromatic heterocycles. The topological polar surface area (TPSA) is 64.1 Å². The number of fused-ring (bicyclic) bond motifs is 1. The average molecular weight is 421 g/mol. The lowest BCUT2D eigenvalue weighted by Crippen LogP contribution is -2.35. The number of rotatable bonds is 7. The highest BCUT2D eigenvalue weighted by Gasteiger charge is 2.30. The van der Waals surface area contributed by atoms with Crippen molar-refractivity contribution in [3.05, 3.63) is 82.7 Å². The Morgan fingerprint density at radius 3 is 2.32 bits per heavy atom. The van der Waals surface area contributed by atoms with Gasteiger partial charge in [-0.1, -0.05) is 6.07 Å². The van der Waals surface area contributed by atoms with Crippen molar-refractivity contribution in [3.63, 3.8) is 0 Å². The van der Waals surface area contributed by atoms with Crippen LogP contribution in [0.2, 0.25) is 0 Å². The fourth-order valence-corrected chi connectivity index (χ4v) is 4.39. The SMILES string of the molecule is COc1ccc(CN2CCc3cc(OC)c(OC)cc3[C@@H]2c2ccncc2)cc1CO. The molecular weight excluding hydrogens is 392 g/mol. The first-order valence-electron chi connectivity index (χ1n) is 10.3. The van der Waals surface area contributed by atoms with Gasteiger partial charge in [-0.2, -0.15) is 0 Å². The Hall–Kier alpha value is -3.09. The van der Waals surface area contributed by atoms with Gasteiger partial charge in [0.05, 0.1) is 34.0 Å². The van der Waals surface area contributed by atoms with Crippen molar-refractivity contribution in [3.8, 4) is 17.2 Å². The standard InChI is InChI=1S/C25H28N2O4/c1-29-22-5-4-17(12-20(22)16-28)15-27-11-8-19-13-23(30-2)24(31-3)14-21(19)25(27)18-6-9-26-10-7-18/h4-7,9-10,12-14,25,28H,8,11,15-16H2,1-3H3/t25-/m0/s1. The van der Waals surface area contributed by atoms with Crippen molar-refractivity contribution in [2.24, 2.45) is 0 Å². The molecule has 0 radical (unpaired) electrons. The van der Waals surface area contributed by atoms with E-state index in [0.717, 1.165) is 42.1 Å². The molecule has 0 amide bonds. The van der Waals surface area contributed by atoms with Gasteiger partial charge in [0.15, 0.2) is 11.5 Å². The van der Waals surface area contributed by atoms with Crippen LogP contribution in [0.4, 0.5) is 0 Å². The third kappa shape index (κ3) is 4.22. The maximum Gasteiger partial charge on any atom is 0.161 e. The number of hydrogen-bond donors (Lipinski definition) is 1. The van der Waals surface area contributed by atoms with Crippen molar-refractivity contribution in [2.45, 2.75) is 25.6 Å². The Morgan fingerprint density at radius 2 is 1.65 bits per heavy atom. The molecule has 2 aromatic carbocycles. The highest BCUT2D eigenvalue weighted by atomic mass is 16.5. The van der Waals surface area contributed by atoms with E-state index in [-0.39, 0.29) is 12.6 Å². The summed E-state index contributed by atoms with van der Waals surface area (Å²) in [6.45, 7) is 1.60. The van der Waals surface area contributed by atoms with E-state index in [9.17, 15) is 5.11 Å². The number of ether oxygens (including phenoxy) is 3. The van der Waals surface area contributed by atoms with E-state index in [4.69, 9.17) is 14.2 Å². The third-order valence-corrected chi connectivity index (χ3v) is 5.90. The molecule has 0 fully saturated rings. The van der Waals surface area contributed by atoms with E-state index in [1.165, 1.54) is 16.7 Å². The summed E-state index contributed by atoms with van der Waals surface area (Å²) >= 11 is 0. The first-order valence-corrected chi connectivity index (χ1v) is 10.3. The number of benzene rings is 2. The minimum Gasteiger partial charge on any atom is -0.496 e. The van der Waals surface area contributed by atoms with Gasteiger partial charge >= 0.3 is 0 Å². The van der Waals surface area contributed by atoms with Gasteiger partial charge in [-0.25, -0.2) is 0 Å². The van der Waals surface area contributed by atoms with Gasteiger partial charge < -0.3 is 19.3 Å². The Labute approximate surface area is 183 Å². The van der Waals surface area contributed by atoms with Crippen LogP contribution < -0.4 is 14.2 Å². The molecule has 162 valence electrons. The summed E-state index contributed by atoms with van der Waals surface area (Å²) in [5.74, 6) is 2.19. The molecule has 31 heavy (non-hydrogen) atoms. The van der Waals surface area contributed by atoms with Crippen molar-refractivity contribution in [2.75, 3.05) is 27.9 Å². The molecule has 1 N–H and O–H groups in total. The summed E-state index contributed by atoms with van der Waals surface area (Å²) in [6, 6.07) is 14.4. The second kappa shape index (κ2) is 9.37. The largest absolute Gasteiger partial charge is 0.496 e. The molecule has 0 aliphatic carbocycles. The molecule has 6 heteroatoms. The Balaban J connectivity index is 1.75. The molecular formula is C25H28N2O4. The lowest BCUT2D eigenvalue weighted by molar-refractivity contribution is 0.203. The number of hydrogen-bond acceptors (Lipinski definition) is 6. The summed E-state index contributed by atoms with van der Waals surface area (Å²) in [4.78, 5) is 6.65. The molecule has 0 spiro atoms. The predicted octanol–water partition coefficient (Wildman–Crippen LogP) is 3.75. The van der Waals surface area contributed by atoms with Gasteiger partial charge in [-0.3, -0.25) is 9.88 Å². The van der Waals surface area contributed by atoms with Gasteiger partial charge in [0.2, 0.25) is 0 Å². The van der Waals surface area contributed by atoms with Gasteiger partial charge in [0.25, 0.3) is 0 Å². The maximum atomic E-state index is 9.72. The molecule has 2 heterocycles. The normalized spacial score (nSPS) is 15.9. The molecule has 1 atom stereocenters. The molecule has 0 unspecified atom stereocenters. The van der Waals surface area contributed by atoms with E-state index in [0.29, 0.717) is 5.75 Å². The highest BCUT2D eigenvalue weighted by molar-refractivity contribution is 5.51. The lowest BCUT2D eigenvalue weighted by Gasteiger charge is -2.38. The van der Waals surface area contributed by atoms with Crippen LogP contribution in [0.1, 0.15) is 33.9 Å². The number of aliphatic hydroxyl groups excluding tert-OH is 1. The summed E-state index contributed by atoms with van der Waals surface area (Å²) in [6.07, 6.45) is 4.58. The maximum absolute atomic E-state index is 9.72. The number of aromatic nitrogens is 1. The van der Waals surface area contributed by atoms with Gasteiger partial charge in [-0.15, -0.1) is 0 Å². The molecule has 6 nitrogen and oxygen atoms in total. The Bertz CT molecular complexity index is 1040. The fourth-order valence-electron chi connectivity index (χ4n) is 4.39. The molecule has 4 rings (SSSR count). The van der Waals surface area contributed by atoms with E-state index in [1.807, 2.05) is 24.5 Å². The van der Waals surface area contributed by atoms with Gasteiger partial charge in [0.1, 0.15) is 5.75 Å². The van der Waals surface area contributed by atoms with Crippen LogP contribution in [0.15, 0.2) is 54.9 Å². The third-order valence-electron chi connectivity index (χ3n) is 5.90. The molecule has 1 aliphatic heterocycles. The van der Waals surface area contributed by atoms with Crippen LogP contribution in [-0.2, 0) is 19.6 Å². The van der Waals surface area contributed by atoms with Crippen LogP contribution in [0, 0.1) is 0 Å². The Kier molecular flexibility index (Phi) is 6.39.